The Morgan fingerprint density at radius 3 is 1.64 bits per heavy atom. The Balaban J connectivity index is 1.28. The molecule has 0 aromatic carbocycles. The molecule has 6 aliphatic rings. The van der Waals surface area contributed by atoms with E-state index >= 15 is 0 Å². The molecule has 30 heteroatoms. The van der Waals surface area contributed by atoms with E-state index in [9.17, 15) is 86.2 Å². The van der Waals surface area contributed by atoms with Crippen molar-refractivity contribution >= 4 is 11.8 Å². The molecular formula is C39H66N2O28. The molecule has 6 rings (SSSR count). The lowest BCUT2D eigenvalue weighted by Gasteiger charge is -2.50. The van der Waals surface area contributed by atoms with Crippen LogP contribution in [0.2, 0.25) is 0 Å². The zero-order valence-electron chi connectivity index (χ0n) is 37.4. The summed E-state index contributed by atoms with van der Waals surface area (Å²) < 4.78 is 64.1. The fourth-order valence-electron chi connectivity index (χ4n) is 8.81. The summed E-state index contributed by atoms with van der Waals surface area (Å²) in [6.45, 7) is -0.741. The predicted molar refractivity (Wildman–Crippen MR) is 214 cm³/mol. The largest absolute Gasteiger partial charge is 0.394 e. The summed E-state index contributed by atoms with van der Waals surface area (Å²) in [4.78, 5) is 25.1. The first kappa shape index (κ1) is 56.2. The summed E-state index contributed by atoms with van der Waals surface area (Å²) in [5, 5.41) is 164. The molecule has 6 aliphatic heterocycles. The van der Waals surface area contributed by atoms with Crippen LogP contribution in [0, 0.1) is 0 Å². The highest BCUT2D eigenvalue weighted by molar-refractivity contribution is 5.73. The molecule has 400 valence electrons. The third-order valence-corrected chi connectivity index (χ3v) is 12.7. The van der Waals surface area contributed by atoms with Crippen molar-refractivity contribution < 1.29 is 138 Å². The van der Waals surface area contributed by atoms with Crippen LogP contribution in [-0.4, -0.2) is 300 Å². The molecule has 6 saturated heterocycles. The molecule has 69 heavy (non-hydrogen) atoms. The third kappa shape index (κ3) is 12.5. The first-order valence-electron chi connectivity index (χ1n) is 22.2. The summed E-state index contributed by atoms with van der Waals surface area (Å²) in [5.41, 5.74) is 0. The highest BCUT2D eigenvalue weighted by Crippen LogP contribution is 2.36. The van der Waals surface area contributed by atoms with Gasteiger partial charge in [0.2, 0.25) is 11.8 Å². The maximum Gasteiger partial charge on any atom is 0.217 e. The van der Waals surface area contributed by atoms with E-state index in [2.05, 4.69) is 10.6 Å². The van der Waals surface area contributed by atoms with E-state index in [4.69, 9.17) is 52.1 Å². The van der Waals surface area contributed by atoms with E-state index in [1.54, 1.807) is 0 Å². The van der Waals surface area contributed by atoms with Gasteiger partial charge in [-0.3, -0.25) is 9.59 Å². The minimum Gasteiger partial charge on any atom is -0.394 e. The fourth-order valence-corrected chi connectivity index (χ4v) is 8.81. The lowest BCUT2D eigenvalue weighted by Crippen LogP contribution is -2.70. The van der Waals surface area contributed by atoms with Crippen LogP contribution in [0.4, 0.5) is 0 Å². The molecule has 0 spiro atoms. The Morgan fingerprint density at radius 1 is 0.464 bits per heavy atom. The molecule has 6 fully saturated rings. The first-order chi connectivity index (χ1) is 32.6. The van der Waals surface area contributed by atoms with E-state index in [0.717, 1.165) is 13.8 Å². The van der Waals surface area contributed by atoms with Crippen molar-refractivity contribution in [3.63, 3.8) is 0 Å². The zero-order chi connectivity index (χ0) is 50.8. The number of nitrogens with one attached hydrogen (secondary N) is 2. The van der Waals surface area contributed by atoms with E-state index in [0.29, 0.717) is 0 Å². The van der Waals surface area contributed by atoms with E-state index < -0.39 is 217 Å². The molecule has 28 atom stereocenters. The van der Waals surface area contributed by atoms with Crippen molar-refractivity contribution in [2.75, 3.05) is 39.6 Å². The van der Waals surface area contributed by atoms with E-state index in [1.807, 2.05) is 0 Å². The minimum absolute atomic E-state index is 0.320. The van der Waals surface area contributed by atoms with Crippen molar-refractivity contribution in [3.8, 4) is 0 Å². The highest BCUT2D eigenvalue weighted by atomic mass is 16.8. The molecule has 0 bridgehead atoms. The molecule has 0 unspecified atom stereocenters. The maximum absolute atomic E-state index is 12.8. The van der Waals surface area contributed by atoms with Crippen LogP contribution in [-0.2, 0) is 61.7 Å². The van der Waals surface area contributed by atoms with Gasteiger partial charge in [0.25, 0.3) is 0 Å². The van der Waals surface area contributed by atoms with Gasteiger partial charge in [0.05, 0.1) is 51.8 Å². The Morgan fingerprint density at radius 2 is 1.00 bits per heavy atom. The van der Waals surface area contributed by atoms with Crippen LogP contribution in [0.5, 0.6) is 0 Å². The fraction of sp³-hybridized carbons (Fsp3) is 0.949. The SMILES string of the molecule is CC(=O)N[C@H]1[C@H](O[C@H]2[C@H](O[C@H]3O[C@@H](C)[C@H](O)[C@H](O)[C@H]3O)[C@@H](NC(C)=O)CO[C@@H]2CO)O[C@H](CO)[C@@H](O[C@@H]2O[C@H](CO[C@H]3O[C@H](CO)[C@@H](O)[C@H](O)[C@@H]3O)[C@@H](O)[C@H](O)[C@@H]2O[C@@H]2OC[C@@H](O)[C@H](O)[C@H]2O)[C@@H]1O. The second-order valence-electron chi connectivity index (χ2n) is 17.7. The van der Waals surface area contributed by atoms with Gasteiger partial charge in [-0.25, -0.2) is 0 Å². The number of rotatable bonds is 16. The zero-order valence-corrected chi connectivity index (χ0v) is 37.4. The summed E-state index contributed by atoms with van der Waals surface area (Å²) in [6, 6.07) is -2.85. The molecule has 0 aliphatic carbocycles. The number of hydrogen-bond donors (Lipinski definition) is 17. The minimum atomic E-state index is -2.11. The molecule has 0 aromatic heterocycles. The van der Waals surface area contributed by atoms with Gasteiger partial charge in [-0.15, -0.1) is 0 Å². The van der Waals surface area contributed by atoms with Gasteiger partial charge in [0.1, 0.15) is 128 Å². The van der Waals surface area contributed by atoms with Gasteiger partial charge in [-0.05, 0) is 6.92 Å². The Hall–Kier alpha value is -2.10. The Labute approximate surface area is 392 Å². The quantitative estimate of drug-likeness (QED) is 0.0683. The van der Waals surface area contributed by atoms with Gasteiger partial charge in [0, 0.05) is 13.8 Å². The average Bonchev–Trinajstić information content (AvgIpc) is 3.31. The second-order valence-corrected chi connectivity index (χ2v) is 17.7. The van der Waals surface area contributed by atoms with Gasteiger partial charge in [-0.2, -0.15) is 0 Å². The highest BCUT2D eigenvalue weighted by Gasteiger charge is 2.57. The van der Waals surface area contributed by atoms with Crippen LogP contribution in [0.15, 0.2) is 0 Å². The van der Waals surface area contributed by atoms with Crippen LogP contribution in [0.25, 0.3) is 0 Å². The maximum atomic E-state index is 12.8. The summed E-state index contributed by atoms with van der Waals surface area (Å²) >= 11 is 0. The predicted octanol–water partition coefficient (Wildman–Crippen LogP) is -11.5. The summed E-state index contributed by atoms with van der Waals surface area (Å²) in [5.74, 6) is -1.40. The van der Waals surface area contributed by atoms with Crippen molar-refractivity contribution in [2.24, 2.45) is 0 Å². The molecule has 0 saturated carbocycles. The monoisotopic (exact) mass is 1010 g/mol. The molecule has 6 heterocycles. The van der Waals surface area contributed by atoms with Gasteiger partial charge in [-0.1, -0.05) is 0 Å². The van der Waals surface area contributed by atoms with Crippen molar-refractivity contribution in [2.45, 2.75) is 192 Å². The Kier molecular flexibility index (Phi) is 19.8. The number of aliphatic hydroxyl groups is 15. The van der Waals surface area contributed by atoms with Gasteiger partial charge >= 0.3 is 0 Å². The number of carbonyl (C=O) groups is 2. The smallest absolute Gasteiger partial charge is 0.217 e. The molecule has 0 radical (unpaired) electrons. The standard InChI is InChI=1S/C39H66N2O28/c1-10-20(48)25(53)30(58)38(62-10)66-31-13(40-11(2)45)7-59-16(5-43)33(31)68-35-19(41-12(3)46)24(52)32(17(6-44)64-35)67-39-34(69-37-28(56)21(49)14(47)8-60-37)27(55)23(51)18(65-39)9-61-36-29(57)26(54)22(50)15(4-42)63-36/h10,13-39,42-44,47-58H,4-9H2,1-3H3,(H,40,45)(H,41,46)/t10-,13-,14+,15+,16+,17+,18+,19+,20-,21-,22+,23+,24+,25-,26-,27-,28+,29-,30+,31+,32+,33+,34-,35-,36-,37-,38+,39-/m0/s1. The normalized spacial score (nSPS) is 49.8. The number of amides is 2. The van der Waals surface area contributed by atoms with Gasteiger partial charge in [0.15, 0.2) is 31.5 Å². The number of hydrogen-bond acceptors (Lipinski definition) is 28. The summed E-state index contributed by atoms with van der Waals surface area (Å²) in [7, 11) is 0. The second kappa shape index (κ2) is 24.3. The number of aliphatic hydroxyl groups excluding tert-OH is 15. The van der Waals surface area contributed by atoms with E-state index in [-0.39, 0.29) is 6.61 Å². The van der Waals surface area contributed by atoms with Crippen LogP contribution >= 0.6 is 0 Å². The van der Waals surface area contributed by atoms with Crippen LogP contribution in [0.3, 0.4) is 0 Å². The average molecular weight is 1010 g/mol. The Bertz CT molecular complexity index is 1640. The molecular weight excluding hydrogens is 944 g/mol. The van der Waals surface area contributed by atoms with Crippen molar-refractivity contribution in [3.05, 3.63) is 0 Å². The first-order valence-corrected chi connectivity index (χ1v) is 22.2. The van der Waals surface area contributed by atoms with Crippen LogP contribution in [0.1, 0.15) is 20.8 Å². The van der Waals surface area contributed by atoms with E-state index in [1.165, 1.54) is 6.92 Å². The molecule has 30 nitrogen and oxygen atoms in total. The molecule has 2 amide bonds. The topological polar surface area (TPSA) is 463 Å². The number of ether oxygens (including phenoxy) is 11. The number of carbonyl (C=O) groups excluding carboxylic acids is 2. The van der Waals surface area contributed by atoms with Crippen LogP contribution < -0.4 is 10.6 Å². The third-order valence-electron chi connectivity index (χ3n) is 12.7. The lowest BCUT2D eigenvalue weighted by atomic mass is 9.94. The van der Waals surface area contributed by atoms with Crippen molar-refractivity contribution in [1.82, 2.24) is 10.6 Å². The molecule has 0 aromatic rings. The van der Waals surface area contributed by atoms with Gasteiger partial charge < -0.3 is 139 Å². The lowest BCUT2D eigenvalue weighted by molar-refractivity contribution is -0.386. The molecule has 17 N–H and O–H groups in total. The summed E-state index contributed by atoms with van der Waals surface area (Å²) in [6.07, 6.45) is -45.5. The van der Waals surface area contributed by atoms with Crippen molar-refractivity contribution in [1.29, 1.82) is 0 Å².